The normalized spacial score (nSPS) is 16.5. The lowest BCUT2D eigenvalue weighted by molar-refractivity contribution is -0.163. The SMILES string of the molecule is O=C(O)CN(CC(=O)O)N(CC(=O)O)C1CCCCC1. The van der Waals surface area contributed by atoms with E-state index in [1.807, 2.05) is 0 Å². The van der Waals surface area contributed by atoms with Crippen molar-refractivity contribution in [3.8, 4) is 0 Å². The van der Waals surface area contributed by atoms with Crippen molar-refractivity contribution in [3.05, 3.63) is 0 Å². The summed E-state index contributed by atoms with van der Waals surface area (Å²) in [5.74, 6) is -3.47. The Balaban J connectivity index is 2.85. The number of aliphatic carboxylic acids is 3. The van der Waals surface area contributed by atoms with Crippen LogP contribution in [0.4, 0.5) is 0 Å². The van der Waals surface area contributed by atoms with Crippen molar-refractivity contribution < 1.29 is 29.7 Å². The summed E-state index contributed by atoms with van der Waals surface area (Å²) < 4.78 is 0. The monoisotopic (exact) mass is 288 g/mol. The third-order valence-electron chi connectivity index (χ3n) is 3.29. The molecule has 0 aliphatic heterocycles. The Labute approximate surface area is 116 Å². The van der Waals surface area contributed by atoms with Gasteiger partial charge in [0.05, 0.1) is 0 Å². The van der Waals surface area contributed by atoms with E-state index in [0.717, 1.165) is 37.1 Å². The third-order valence-corrected chi connectivity index (χ3v) is 3.29. The summed E-state index contributed by atoms with van der Waals surface area (Å²) in [7, 11) is 0. The highest BCUT2D eigenvalue weighted by Gasteiger charge is 2.30. The molecule has 20 heavy (non-hydrogen) atoms. The van der Waals surface area contributed by atoms with Gasteiger partial charge in [-0.3, -0.25) is 14.4 Å². The second-order valence-electron chi connectivity index (χ2n) is 4.89. The van der Waals surface area contributed by atoms with Gasteiger partial charge >= 0.3 is 17.9 Å². The van der Waals surface area contributed by atoms with Gasteiger partial charge in [-0.15, -0.1) is 0 Å². The number of carbonyl (C=O) groups is 3. The second kappa shape index (κ2) is 7.81. The Morgan fingerprint density at radius 2 is 1.25 bits per heavy atom. The first-order valence-corrected chi connectivity index (χ1v) is 6.57. The van der Waals surface area contributed by atoms with Crippen molar-refractivity contribution >= 4 is 17.9 Å². The molecule has 1 saturated carbocycles. The summed E-state index contributed by atoms with van der Waals surface area (Å²) in [5.41, 5.74) is 0. The van der Waals surface area contributed by atoms with Gasteiger partial charge in [0.1, 0.15) is 19.6 Å². The van der Waals surface area contributed by atoms with Crippen LogP contribution in [0.5, 0.6) is 0 Å². The number of hydrazine groups is 1. The molecule has 1 rings (SSSR count). The van der Waals surface area contributed by atoms with Crippen LogP contribution in [-0.4, -0.2) is 68.9 Å². The van der Waals surface area contributed by atoms with Crippen LogP contribution in [0.15, 0.2) is 0 Å². The molecule has 3 N–H and O–H groups in total. The molecule has 0 amide bonds. The van der Waals surface area contributed by atoms with E-state index in [1.54, 1.807) is 0 Å². The summed E-state index contributed by atoms with van der Waals surface area (Å²) in [4.78, 5) is 32.7. The molecule has 0 unspecified atom stereocenters. The topological polar surface area (TPSA) is 118 Å². The van der Waals surface area contributed by atoms with Gasteiger partial charge in [0, 0.05) is 6.04 Å². The van der Waals surface area contributed by atoms with Gasteiger partial charge in [-0.2, -0.15) is 0 Å². The van der Waals surface area contributed by atoms with Gasteiger partial charge in [-0.1, -0.05) is 19.3 Å². The smallest absolute Gasteiger partial charge is 0.319 e. The van der Waals surface area contributed by atoms with Gasteiger partial charge in [-0.05, 0) is 12.8 Å². The zero-order chi connectivity index (χ0) is 15.1. The molecule has 1 aliphatic carbocycles. The van der Waals surface area contributed by atoms with E-state index >= 15 is 0 Å². The molecular formula is C12H20N2O6. The van der Waals surface area contributed by atoms with Crippen molar-refractivity contribution in [1.82, 2.24) is 10.0 Å². The molecule has 0 heterocycles. The predicted octanol–water partition coefficient (Wildman–Crippen LogP) is 0.0919. The van der Waals surface area contributed by atoms with Crippen LogP contribution in [0.25, 0.3) is 0 Å². The maximum absolute atomic E-state index is 11.0. The minimum absolute atomic E-state index is 0.112. The largest absolute Gasteiger partial charge is 0.480 e. The Bertz CT molecular complexity index is 351. The van der Waals surface area contributed by atoms with E-state index in [2.05, 4.69) is 0 Å². The standard InChI is InChI=1S/C12H20N2O6/c15-10(16)6-13(7-11(17)18)14(8-12(19)20)9-4-2-1-3-5-9/h9H,1-8H2,(H,15,16)(H,17,18)(H,19,20). The maximum atomic E-state index is 11.0. The Hall–Kier alpha value is -1.67. The van der Waals surface area contributed by atoms with Crippen LogP contribution in [-0.2, 0) is 14.4 Å². The molecule has 0 aromatic carbocycles. The average molecular weight is 288 g/mol. The number of hydrogen-bond acceptors (Lipinski definition) is 5. The average Bonchev–Trinajstić information content (AvgIpc) is 2.35. The number of rotatable bonds is 8. The zero-order valence-electron chi connectivity index (χ0n) is 11.2. The lowest BCUT2D eigenvalue weighted by Crippen LogP contribution is -2.54. The van der Waals surface area contributed by atoms with Gasteiger partial charge in [-0.25, -0.2) is 10.0 Å². The van der Waals surface area contributed by atoms with Crippen molar-refractivity contribution in [3.63, 3.8) is 0 Å². The van der Waals surface area contributed by atoms with E-state index in [9.17, 15) is 14.4 Å². The van der Waals surface area contributed by atoms with Crippen LogP contribution in [0.2, 0.25) is 0 Å². The molecule has 0 bridgehead atoms. The molecular weight excluding hydrogens is 268 g/mol. The number of carboxylic acids is 3. The van der Waals surface area contributed by atoms with Crippen LogP contribution >= 0.6 is 0 Å². The fraction of sp³-hybridized carbons (Fsp3) is 0.750. The molecule has 114 valence electrons. The second-order valence-corrected chi connectivity index (χ2v) is 4.89. The van der Waals surface area contributed by atoms with Crippen LogP contribution in [0.1, 0.15) is 32.1 Å². The molecule has 1 aliphatic rings. The highest BCUT2D eigenvalue weighted by Crippen LogP contribution is 2.23. The van der Waals surface area contributed by atoms with E-state index in [-0.39, 0.29) is 12.6 Å². The minimum atomic E-state index is -1.18. The van der Waals surface area contributed by atoms with E-state index < -0.39 is 31.0 Å². The minimum Gasteiger partial charge on any atom is -0.480 e. The molecule has 0 spiro atoms. The summed E-state index contributed by atoms with van der Waals surface area (Å²) >= 11 is 0. The highest BCUT2D eigenvalue weighted by atomic mass is 16.4. The fourth-order valence-electron chi connectivity index (χ4n) is 2.53. The van der Waals surface area contributed by atoms with Crippen molar-refractivity contribution in [2.75, 3.05) is 19.6 Å². The highest BCUT2D eigenvalue weighted by molar-refractivity contribution is 5.73. The lowest BCUT2D eigenvalue weighted by Gasteiger charge is -2.39. The third kappa shape index (κ3) is 5.54. The molecule has 0 saturated heterocycles. The van der Waals surface area contributed by atoms with Gasteiger partial charge in [0.25, 0.3) is 0 Å². The van der Waals surface area contributed by atoms with E-state index in [1.165, 1.54) is 5.01 Å². The van der Waals surface area contributed by atoms with Crippen LogP contribution < -0.4 is 0 Å². The number of carboxylic acid groups (broad SMARTS) is 3. The predicted molar refractivity (Wildman–Crippen MR) is 68.1 cm³/mol. The summed E-state index contributed by atoms with van der Waals surface area (Å²) in [6.07, 6.45) is 4.45. The first-order chi connectivity index (χ1) is 9.40. The molecule has 8 heteroatoms. The molecule has 1 fully saturated rings. The first-order valence-electron chi connectivity index (χ1n) is 6.57. The summed E-state index contributed by atoms with van der Waals surface area (Å²) in [6.45, 7) is -1.42. The van der Waals surface area contributed by atoms with E-state index in [0.29, 0.717) is 0 Å². The van der Waals surface area contributed by atoms with Crippen LogP contribution in [0.3, 0.4) is 0 Å². The lowest BCUT2D eigenvalue weighted by atomic mass is 9.95. The number of nitrogens with zero attached hydrogens (tertiary/aromatic N) is 2. The molecule has 0 radical (unpaired) electrons. The van der Waals surface area contributed by atoms with Crippen LogP contribution in [0, 0.1) is 0 Å². The van der Waals surface area contributed by atoms with E-state index in [4.69, 9.17) is 15.3 Å². The van der Waals surface area contributed by atoms with Crippen molar-refractivity contribution in [2.45, 2.75) is 38.1 Å². The van der Waals surface area contributed by atoms with Crippen molar-refractivity contribution in [1.29, 1.82) is 0 Å². The first kappa shape index (κ1) is 16.4. The van der Waals surface area contributed by atoms with Gasteiger partial charge < -0.3 is 15.3 Å². The summed E-state index contributed by atoms with van der Waals surface area (Å²) in [6, 6.07) is -0.112. The molecule has 8 nitrogen and oxygen atoms in total. The molecule has 0 aromatic rings. The zero-order valence-corrected chi connectivity index (χ0v) is 11.2. The Kier molecular flexibility index (Phi) is 6.40. The van der Waals surface area contributed by atoms with Crippen molar-refractivity contribution in [2.24, 2.45) is 0 Å². The quantitative estimate of drug-likeness (QED) is 0.538. The Morgan fingerprint density at radius 3 is 1.65 bits per heavy atom. The molecule has 0 aromatic heterocycles. The summed E-state index contributed by atoms with van der Waals surface area (Å²) in [5, 5.41) is 29.2. The Morgan fingerprint density at radius 1 is 0.800 bits per heavy atom. The van der Waals surface area contributed by atoms with Gasteiger partial charge in [0.2, 0.25) is 0 Å². The van der Waals surface area contributed by atoms with Gasteiger partial charge in [0.15, 0.2) is 0 Å². The maximum Gasteiger partial charge on any atom is 0.319 e. The molecule has 0 atom stereocenters. The fourth-order valence-corrected chi connectivity index (χ4v) is 2.53. The number of hydrogen-bond donors (Lipinski definition) is 3.